The molecule has 4 nitrogen and oxygen atoms in total. The monoisotopic (exact) mass is 218 g/mol. The number of aliphatic hydroxyl groups is 1. The molecule has 1 saturated heterocycles. The Kier molecular flexibility index (Phi) is 15.0. The van der Waals surface area contributed by atoms with E-state index in [0.29, 0.717) is 13.0 Å². The van der Waals surface area contributed by atoms with Gasteiger partial charge in [0.1, 0.15) is 0 Å². The van der Waals surface area contributed by atoms with E-state index < -0.39 is 0 Å². The zero-order chi connectivity index (χ0) is 12.1. The minimum atomic E-state index is 0.0126. The van der Waals surface area contributed by atoms with Crippen LogP contribution in [0.25, 0.3) is 0 Å². The van der Waals surface area contributed by atoms with Crippen LogP contribution in [0, 0.1) is 5.92 Å². The van der Waals surface area contributed by atoms with Gasteiger partial charge < -0.3 is 15.3 Å². The summed E-state index contributed by atoms with van der Waals surface area (Å²) in [6.07, 6.45) is 1.95. The molecular formula is C11H26N2O2. The van der Waals surface area contributed by atoms with Gasteiger partial charge in [-0.3, -0.25) is 4.79 Å². The van der Waals surface area contributed by atoms with Crippen LogP contribution < -0.4 is 5.32 Å². The number of nitrogens with zero attached hydrogens (tertiary/aromatic N) is 1. The number of nitrogens with one attached hydrogen (secondary N) is 1. The highest BCUT2D eigenvalue weighted by Crippen LogP contribution is 2.11. The van der Waals surface area contributed by atoms with Crippen molar-refractivity contribution in [3.8, 4) is 0 Å². The summed E-state index contributed by atoms with van der Waals surface area (Å²) in [5.74, 6) is 0.949. The first-order valence-electron chi connectivity index (χ1n) is 5.67. The minimum absolute atomic E-state index is 0.0126. The van der Waals surface area contributed by atoms with Gasteiger partial charge in [0.05, 0.1) is 6.61 Å². The van der Waals surface area contributed by atoms with Gasteiger partial charge in [0.15, 0.2) is 0 Å². The van der Waals surface area contributed by atoms with Crippen LogP contribution in [0.15, 0.2) is 0 Å². The smallest absolute Gasteiger partial charge is 0.207 e. The molecule has 2 N–H and O–H groups in total. The number of carbonyl (C=O) groups is 1. The van der Waals surface area contributed by atoms with Gasteiger partial charge >= 0.3 is 0 Å². The Bertz CT molecular complexity index is 124. The van der Waals surface area contributed by atoms with Gasteiger partial charge in [-0.25, -0.2) is 0 Å². The second kappa shape index (κ2) is 13.4. The molecule has 0 aromatic carbocycles. The minimum Gasteiger partial charge on any atom is -0.395 e. The number of rotatable bonds is 3. The Hall–Kier alpha value is -0.610. The maximum absolute atomic E-state index is 9.34. The van der Waals surface area contributed by atoms with Crippen LogP contribution in [0.4, 0.5) is 0 Å². The fourth-order valence-corrected chi connectivity index (χ4v) is 1.28. The number of likely N-dealkylation sites (tertiary alicyclic amines) is 1. The average molecular weight is 218 g/mol. The van der Waals surface area contributed by atoms with E-state index in [-0.39, 0.29) is 6.61 Å². The predicted molar refractivity (Wildman–Crippen MR) is 63.8 cm³/mol. The first-order valence-corrected chi connectivity index (χ1v) is 5.67. The van der Waals surface area contributed by atoms with Crippen LogP contribution >= 0.6 is 0 Å². The van der Waals surface area contributed by atoms with E-state index in [1.807, 2.05) is 13.8 Å². The van der Waals surface area contributed by atoms with Gasteiger partial charge in [-0.1, -0.05) is 20.8 Å². The van der Waals surface area contributed by atoms with Crippen LogP contribution in [0.5, 0.6) is 0 Å². The van der Waals surface area contributed by atoms with E-state index in [0.717, 1.165) is 5.92 Å². The van der Waals surface area contributed by atoms with Crippen LogP contribution in [0.2, 0.25) is 0 Å². The number of carbonyl (C=O) groups excluding carboxylic acids is 1. The molecule has 0 spiro atoms. The van der Waals surface area contributed by atoms with Crippen molar-refractivity contribution in [3.63, 3.8) is 0 Å². The van der Waals surface area contributed by atoms with Gasteiger partial charge in [-0.15, -0.1) is 0 Å². The Balaban J connectivity index is 0. The lowest BCUT2D eigenvalue weighted by Crippen LogP contribution is -2.14. The van der Waals surface area contributed by atoms with Gasteiger partial charge in [0, 0.05) is 13.1 Å². The number of hydrogen-bond donors (Lipinski definition) is 2. The Morgan fingerprint density at radius 3 is 2.27 bits per heavy atom. The molecule has 1 atom stereocenters. The van der Waals surface area contributed by atoms with E-state index in [9.17, 15) is 4.79 Å². The molecule has 1 unspecified atom stereocenters. The van der Waals surface area contributed by atoms with E-state index in [1.54, 1.807) is 0 Å². The summed E-state index contributed by atoms with van der Waals surface area (Å²) in [5, 5.41) is 10.2. The van der Waals surface area contributed by atoms with Crippen LogP contribution in [-0.4, -0.2) is 49.7 Å². The van der Waals surface area contributed by atoms with Crippen molar-refractivity contribution in [1.82, 2.24) is 10.2 Å². The van der Waals surface area contributed by atoms with Gasteiger partial charge in [-0.05, 0) is 25.9 Å². The normalized spacial score (nSPS) is 19.4. The number of amides is 1. The molecule has 0 aromatic heterocycles. The summed E-state index contributed by atoms with van der Waals surface area (Å²) in [4.78, 5) is 11.7. The Morgan fingerprint density at radius 1 is 1.53 bits per heavy atom. The largest absolute Gasteiger partial charge is 0.395 e. The molecule has 0 bridgehead atoms. The molecule has 0 saturated carbocycles. The molecule has 1 aliphatic heterocycles. The molecule has 15 heavy (non-hydrogen) atoms. The number of hydrogen-bond acceptors (Lipinski definition) is 3. The van der Waals surface area contributed by atoms with Gasteiger partial charge in [0.2, 0.25) is 6.41 Å². The zero-order valence-corrected chi connectivity index (χ0v) is 10.5. The summed E-state index contributed by atoms with van der Waals surface area (Å²) in [5.41, 5.74) is 0. The first kappa shape index (κ1) is 16.8. The highest BCUT2D eigenvalue weighted by Gasteiger charge is 2.13. The number of aliphatic hydroxyl groups excluding tert-OH is 1. The lowest BCUT2D eigenvalue weighted by atomic mass is 10.2. The first-order chi connectivity index (χ1) is 7.20. The topological polar surface area (TPSA) is 52.6 Å². The third kappa shape index (κ3) is 13.4. The molecule has 1 rings (SSSR count). The summed E-state index contributed by atoms with van der Waals surface area (Å²) >= 11 is 0. The van der Waals surface area contributed by atoms with Crippen LogP contribution in [0.1, 0.15) is 27.2 Å². The molecule has 0 aromatic rings. The molecule has 92 valence electrons. The predicted octanol–water partition coefficient (Wildman–Crippen LogP) is 0.709. The molecule has 0 radical (unpaired) electrons. The van der Waals surface area contributed by atoms with E-state index in [2.05, 4.69) is 24.2 Å². The van der Waals surface area contributed by atoms with E-state index in [4.69, 9.17) is 5.11 Å². The highest BCUT2D eigenvalue weighted by atomic mass is 16.3. The summed E-state index contributed by atoms with van der Waals surface area (Å²) in [6.45, 7) is 9.28. The third-order valence-corrected chi connectivity index (χ3v) is 1.97. The van der Waals surface area contributed by atoms with Crippen LogP contribution in [0.3, 0.4) is 0 Å². The standard InChI is InChI=1S/C6H13N.C3H7NO2.C2H6/c1-6-3-4-7(2)5-6;5-2-1-4-3-6;1-2/h6H,3-5H2,1-2H3;3,5H,1-2H2,(H,4,6);1-2H3. The lowest BCUT2D eigenvalue weighted by molar-refractivity contribution is -0.109. The van der Waals surface area contributed by atoms with E-state index >= 15 is 0 Å². The maximum atomic E-state index is 9.34. The Labute approximate surface area is 93.7 Å². The van der Waals surface area contributed by atoms with E-state index in [1.165, 1.54) is 19.5 Å². The van der Waals surface area contributed by atoms with Crippen LogP contribution in [-0.2, 0) is 4.79 Å². The summed E-state index contributed by atoms with van der Waals surface area (Å²) in [7, 11) is 2.18. The second-order valence-electron chi connectivity index (χ2n) is 3.45. The summed E-state index contributed by atoms with van der Waals surface area (Å²) < 4.78 is 0. The zero-order valence-electron chi connectivity index (χ0n) is 10.5. The molecule has 1 aliphatic rings. The fourth-order valence-electron chi connectivity index (χ4n) is 1.28. The average Bonchev–Trinajstić information content (AvgIpc) is 2.63. The van der Waals surface area contributed by atoms with Gasteiger partial charge in [0.25, 0.3) is 0 Å². The van der Waals surface area contributed by atoms with Crippen molar-refractivity contribution < 1.29 is 9.90 Å². The molecule has 1 fully saturated rings. The quantitative estimate of drug-likeness (QED) is 0.542. The molecule has 1 heterocycles. The Morgan fingerprint density at radius 2 is 2.13 bits per heavy atom. The SMILES string of the molecule is CC.CC1CCN(C)C1.O=CNCCO. The van der Waals surface area contributed by atoms with Crippen molar-refractivity contribution in [1.29, 1.82) is 0 Å². The van der Waals surface area contributed by atoms with Crippen molar-refractivity contribution in [3.05, 3.63) is 0 Å². The molecule has 4 heteroatoms. The van der Waals surface area contributed by atoms with Crippen molar-refractivity contribution in [2.45, 2.75) is 27.2 Å². The van der Waals surface area contributed by atoms with Crippen molar-refractivity contribution >= 4 is 6.41 Å². The van der Waals surface area contributed by atoms with Crippen molar-refractivity contribution in [2.75, 3.05) is 33.3 Å². The fraction of sp³-hybridized carbons (Fsp3) is 0.909. The molecular weight excluding hydrogens is 192 g/mol. The molecule has 1 amide bonds. The third-order valence-electron chi connectivity index (χ3n) is 1.97. The molecule has 0 aliphatic carbocycles. The summed E-state index contributed by atoms with van der Waals surface area (Å²) in [6, 6.07) is 0. The maximum Gasteiger partial charge on any atom is 0.207 e. The lowest BCUT2D eigenvalue weighted by Gasteiger charge is -2.03. The highest BCUT2D eigenvalue weighted by molar-refractivity contribution is 5.45. The van der Waals surface area contributed by atoms with Gasteiger partial charge in [-0.2, -0.15) is 0 Å². The van der Waals surface area contributed by atoms with Crippen molar-refractivity contribution in [2.24, 2.45) is 5.92 Å². The second-order valence-corrected chi connectivity index (χ2v) is 3.45.